The Morgan fingerprint density at radius 1 is 1.43 bits per heavy atom. The van der Waals surface area contributed by atoms with Crippen molar-refractivity contribution in [3.8, 4) is 0 Å². The Labute approximate surface area is 43.3 Å². The van der Waals surface area contributed by atoms with Gasteiger partial charge in [-0.25, -0.2) is 0 Å². The molecule has 2 saturated heterocycles. The average molecular weight is 98.1 g/mol. The van der Waals surface area contributed by atoms with E-state index in [-0.39, 0.29) is 0 Å². The summed E-state index contributed by atoms with van der Waals surface area (Å²) >= 11 is 0. The molecule has 0 amide bonds. The van der Waals surface area contributed by atoms with Crippen LogP contribution in [0, 0.1) is 0 Å². The van der Waals surface area contributed by atoms with Crippen molar-refractivity contribution >= 4 is 0 Å². The molecule has 0 spiro atoms. The molecule has 0 aromatic heterocycles. The van der Waals surface area contributed by atoms with Crippen LogP contribution < -0.4 is 10.6 Å². The van der Waals surface area contributed by atoms with Gasteiger partial charge < -0.3 is 5.32 Å². The lowest BCUT2D eigenvalue weighted by molar-refractivity contribution is 0.548. The normalized spacial score (nSPS) is 48.0. The second-order valence-electron chi connectivity index (χ2n) is 2.35. The number of hydrogen-bond acceptors (Lipinski definition) is 2. The molecule has 2 atom stereocenters. The van der Waals surface area contributed by atoms with Gasteiger partial charge in [-0.2, -0.15) is 0 Å². The molecule has 0 aromatic carbocycles. The summed E-state index contributed by atoms with van der Waals surface area (Å²) < 4.78 is 0. The van der Waals surface area contributed by atoms with E-state index < -0.39 is 0 Å². The van der Waals surface area contributed by atoms with Crippen LogP contribution in [0.25, 0.3) is 0 Å². The Hall–Kier alpha value is -0.0800. The summed E-state index contributed by atoms with van der Waals surface area (Å²) in [6.07, 6.45) is 3.44. The molecule has 40 valence electrons. The summed E-state index contributed by atoms with van der Waals surface area (Å²) in [7, 11) is 0. The standard InChI is InChI=1S/C5H10N2/c1-2-4-5(7-4)6-3-1/h4-7H,1-3H2. The lowest BCUT2D eigenvalue weighted by Crippen LogP contribution is -2.26. The summed E-state index contributed by atoms with van der Waals surface area (Å²) in [5.41, 5.74) is 0. The number of piperidine rings is 1. The zero-order valence-corrected chi connectivity index (χ0v) is 4.28. The highest BCUT2D eigenvalue weighted by molar-refractivity contribution is 4.98. The maximum Gasteiger partial charge on any atom is 0.0733 e. The van der Waals surface area contributed by atoms with Crippen molar-refractivity contribution < 1.29 is 0 Å². The monoisotopic (exact) mass is 98.1 g/mol. The molecule has 2 heterocycles. The molecule has 2 nitrogen and oxygen atoms in total. The summed E-state index contributed by atoms with van der Waals surface area (Å²) in [5.74, 6) is 0. The first-order chi connectivity index (χ1) is 3.47. The molecule has 7 heavy (non-hydrogen) atoms. The molecule has 2 rings (SSSR count). The zero-order chi connectivity index (χ0) is 4.69. The van der Waals surface area contributed by atoms with Crippen molar-refractivity contribution in [3.63, 3.8) is 0 Å². The van der Waals surface area contributed by atoms with Crippen LogP contribution in [0.4, 0.5) is 0 Å². The zero-order valence-electron chi connectivity index (χ0n) is 4.28. The first kappa shape index (κ1) is 3.87. The van der Waals surface area contributed by atoms with E-state index in [2.05, 4.69) is 10.6 Å². The average Bonchev–Trinajstić information content (AvgIpc) is 2.41. The SMILES string of the molecule is C1CNC2NC2C1. The maximum absolute atomic E-state index is 3.34. The van der Waals surface area contributed by atoms with Crippen molar-refractivity contribution in [1.82, 2.24) is 10.6 Å². The van der Waals surface area contributed by atoms with Gasteiger partial charge >= 0.3 is 0 Å². The van der Waals surface area contributed by atoms with Crippen molar-refractivity contribution in [2.24, 2.45) is 0 Å². The number of rotatable bonds is 0. The predicted octanol–water partition coefficient (Wildman–Crippen LogP) is -0.332. The van der Waals surface area contributed by atoms with Crippen molar-refractivity contribution in [3.05, 3.63) is 0 Å². The second kappa shape index (κ2) is 1.20. The highest BCUT2D eigenvalue weighted by Gasteiger charge is 2.37. The van der Waals surface area contributed by atoms with Crippen LogP contribution in [0.15, 0.2) is 0 Å². The van der Waals surface area contributed by atoms with E-state index in [0.29, 0.717) is 6.17 Å². The number of fused-ring (bicyclic) bond motifs is 1. The minimum atomic E-state index is 0.703. The Morgan fingerprint density at radius 2 is 2.43 bits per heavy atom. The van der Waals surface area contributed by atoms with Crippen LogP contribution in [-0.4, -0.2) is 18.8 Å². The smallest absolute Gasteiger partial charge is 0.0733 e. The molecule has 2 aliphatic rings. The van der Waals surface area contributed by atoms with E-state index in [1.807, 2.05) is 0 Å². The van der Waals surface area contributed by atoms with E-state index in [9.17, 15) is 0 Å². The van der Waals surface area contributed by atoms with Gasteiger partial charge in [-0.3, -0.25) is 5.32 Å². The van der Waals surface area contributed by atoms with Gasteiger partial charge in [-0.15, -0.1) is 0 Å². The highest BCUT2D eigenvalue weighted by Crippen LogP contribution is 2.17. The van der Waals surface area contributed by atoms with Gasteiger partial charge in [0, 0.05) is 6.04 Å². The minimum absolute atomic E-state index is 0.703. The van der Waals surface area contributed by atoms with Crippen LogP contribution in [-0.2, 0) is 0 Å². The molecule has 0 bridgehead atoms. The van der Waals surface area contributed by atoms with Gasteiger partial charge in [0.1, 0.15) is 0 Å². The van der Waals surface area contributed by atoms with Gasteiger partial charge in [0.2, 0.25) is 0 Å². The van der Waals surface area contributed by atoms with Gasteiger partial charge in [0.05, 0.1) is 6.17 Å². The third kappa shape index (κ3) is 0.545. The Balaban J connectivity index is 1.95. The van der Waals surface area contributed by atoms with Crippen LogP contribution in [0.2, 0.25) is 0 Å². The van der Waals surface area contributed by atoms with E-state index in [0.717, 1.165) is 6.04 Å². The molecule has 2 N–H and O–H groups in total. The molecule has 2 heteroatoms. The Bertz CT molecular complexity index is 72.1. The molecule has 2 unspecified atom stereocenters. The number of nitrogens with one attached hydrogen (secondary N) is 2. The molecular formula is C5H10N2. The fraction of sp³-hybridized carbons (Fsp3) is 1.00. The van der Waals surface area contributed by atoms with Gasteiger partial charge in [-0.05, 0) is 19.4 Å². The fourth-order valence-electron chi connectivity index (χ4n) is 1.21. The first-order valence-electron chi connectivity index (χ1n) is 2.96. The van der Waals surface area contributed by atoms with Gasteiger partial charge in [0.15, 0.2) is 0 Å². The predicted molar refractivity (Wildman–Crippen MR) is 27.9 cm³/mol. The topological polar surface area (TPSA) is 34.0 Å². The quantitative estimate of drug-likeness (QED) is 0.407. The molecule has 2 fully saturated rings. The van der Waals surface area contributed by atoms with Crippen LogP contribution in [0.5, 0.6) is 0 Å². The van der Waals surface area contributed by atoms with Crippen molar-refractivity contribution in [2.45, 2.75) is 25.0 Å². The summed E-state index contributed by atoms with van der Waals surface area (Å²) in [6.45, 7) is 1.22. The van der Waals surface area contributed by atoms with Crippen molar-refractivity contribution in [2.75, 3.05) is 6.54 Å². The molecule has 2 aliphatic heterocycles. The van der Waals surface area contributed by atoms with Crippen molar-refractivity contribution in [1.29, 1.82) is 0 Å². The van der Waals surface area contributed by atoms with Crippen LogP contribution in [0.3, 0.4) is 0 Å². The van der Waals surface area contributed by atoms with Crippen LogP contribution in [0.1, 0.15) is 12.8 Å². The summed E-state index contributed by atoms with van der Waals surface area (Å²) in [5, 5.41) is 6.66. The van der Waals surface area contributed by atoms with Gasteiger partial charge in [-0.1, -0.05) is 0 Å². The lowest BCUT2D eigenvalue weighted by atomic mass is 10.2. The molecule has 0 saturated carbocycles. The minimum Gasteiger partial charge on any atom is -0.301 e. The van der Waals surface area contributed by atoms with E-state index in [4.69, 9.17) is 0 Å². The van der Waals surface area contributed by atoms with E-state index in [1.165, 1.54) is 19.4 Å². The second-order valence-corrected chi connectivity index (χ2v) is 2.35. The number of hydrogen-bond donors (Lipinski definition) is 2. The van der Waals surface area contributed by atoms with E-state index >= 15 is 0 Å². The molecule has 0 radical (unpaired) electrons. The van der Waals surface area contributed by atoms with Gasteiger partial charge in [0.25, 0.3) is 0 Å². The third-order valence-electron chi connectivity index (χ3n) is 1.74. The van der Waals surface area contributed by atoms with Crippen LogP contribution >= 0.6 is 0 Å². The Kier molecular flexibility index (Phi) is 0.664. The fourth-order valence-corrected chi connectivity index (χ4v) is 1.21. The third-order valence-corrected chi connectivity index (χ3v) is 1.74. The molecule has 0 aromatic rings. The first-order valence-corrected chi connectivity index (χ1v) is 2.96. The summed E-state index contributed by atoms with van der Waals surface area (Å²) in [6, 6.07) is 0.841. The Morgan fingerprint density at radius 3 is 3.00 bits per heavy atom. The highest BCUT2D eigenvalue weighted by atomic mass is 15.3. The van der Waals surface area contributed by atoms with E-state index in [1.54, 1.807) is 0 Å². The summed E-state index contributed by atoms with van der Waals surface area (Å²) in [4.78, 5) is 0. The largest absolute Gasteiger partial charge is 0.301 e. The molecular weight excluding hydrogens is 88.1 g/mol. The maximum atomic E-state index is 3.34. The lowest BCUT2D eigenvalue weighted by Gasteiger charge is -2.05. The molecule has 0 aliphatic carbocycles.